The Morgan fingerprint density at radius 3 is 2.52 bits per heavy atom. The Morgan fingerprint density at radius 2 is 2.00 bits per heavy atom. The Labute approximate surface area is 120 Å². The van der Waals surface area contributed by atoms with Crippen molar-refractivity contribution in [2.75, 3.05) is 0 Å². The van der Waals surface area contributed by atoms with Gasteiger partial charge in [-0.25, -0.2) is 0 Å². The van der Waals surface area contributed by atoms with Crippen LogP contribution in [0.25, 0.3) is 0 Å². The van der Waals surface area contributed by atoms with Crippen LogP contribution in [0.15, 0.2) is 12.3 Å². The van der Waals surface area contributed by atoms with Gasteiger partial charge in [-0.2, -0.15) is 23.4 Å². The van der Waals surface area contributed by atoms with Gasteiger partial charge in [0.05, 0.1) is 11.9 Å². The average molecular weight is 301 g/mol. The Morgan fingerprint density at radius 1 is 1.29 bits per heavy atom. The van der Waals surface area contributed by atoms with Crippen LogP contribution >= 0.6 is 0 Å². The first-order valence-corrected chi connectivity index (χ1v) is 6.65. The molecular weight excluding hydrogens is 283 g/mol. The van der Waals surface area contributed by atoms with Gasteiger partial charge in [-0.05, 0) is 19.9 Å². The SMILES string of the molecule is CCn1ncc(CNCc2cc(C(F)(F)F)n(C)n2)c1C. The number of alkyl halides is 3. The van der Waals surface area contributed by atoms with Gasteiger partial charge in [0.15, 0.2) is 0 Å². The van der Waals surface area contributed by atoms with Crippen molar-refractivity contribution < 1.29 is 13.2 Å². The van der Waals surface area contributed by atoms with Gasteiger partial charge >= 0.3 is 6.18 Å². The van der Waals surface area contributed by atoms with E-state index in [4.69, 9.17) is 0 Å². The highest BCUT2D eigenvalue weighted by Gasteiger charge is 2.34. The first kappa shape index (κ1) is 15.6. The van der Waals surface area contributed by atoms with Crippen LogP contribution in [0, 0.1) is 6.92 Å². The van der Waals surface area contributed by atoms with Gasteiger partial charge in [-0.1, -0.05) is 0 Å². The van der Waals surface area contributed by atoms with Crippen molar-refractivity contribution >= 4 is 0 Å². The van der Waals surface area contributed by atoms with Crippen LogP contribution in [-0.4, -0.2) is 19.6 Å². The highest BCUT2D eigenvalue weighted by atomic mass is 19.4. The maximum absolute atomic E-state index is 12.7. The van der Waals surface area contributed by atoms with Crippen molar-refractivity contribution in [3.8, 4) is 0 Å². The summed E-state index contributed by atoms with van der Waals surface area (Å²) in [5.41, 5.74) is 1.71. The Hall–Kier alpha value is -1.83. The summed E-state index contributed by atoms with van der Waals surface area (Å²) >= 11 is 0. The number of nitrogens with zero attached hydrogens (tertiary/aromatic N) is 4. The molecule has 2 aromatic rings. The number of halogens is 3. The molecule has 0 saturated heterocycles. The Balaban J connectivity index is 1.96. The molecule has 0 aliphatic carbocycles. The lowest BCUT2D eigenvalue weighted by atomic mass is 10.2. The molecule has 0 spiro atoms. The van der Waals surface area contributed by atoms with E-state index in [1.807, 2.05) is 18.5 Å². The van der Waals surface area contributed by atoms with Gasteiger partial charge in [0.1, 0.15) is 5.69 Å². The van der Waals surface area contributed by atoms with Crippen molar-refractivity contribution in [2.45, 2.75) is 39.7 Å². The molecule has 0 radical (unpaired) electrons. The zero-order valence-corrected chi connectivity index (χ0v) is 12.2. The van der Waals surface area contributed by atoms with Crippen LogP contribution in [-0.2, 0) is 32.9 Å². The standard InChI is InChI=1S/C13H18F3N5/c1-4-21-9(2)10(7-18-21)6-17-8-11-5-12(13(14,15)16)20(3)19-11/h5,7,17H,4,6,8H2,1-3H3. The van der Waals surface area contributed by atoms with Gasteiger partial charge in [0.25, 0.3) is 0 Å². The van der Waals surface area contributed by atoms with E-state index in [0.717, 1.165) is 28.6 Å². The molecule has 1 N–H and O–H groups in total. The second kappa shape index (κ2) is 5.88. The van der Waals surface area contributed by atoms with Crippen LogP contribution in [0.5, 0.6) is 0 Å². The van der Waals surface area contributed by atoms with Gasteiger partial charge in [-0.3, -0.25) is 9.36 Å². The molecule has 0 fully saturated rings. The fourth-order valence-electron chi connectivity index (χ4n) is 2.18. The number of hydrogen-bond donors (Lipinski definition) is 1. The minimum atomic E-state index is -4.38. The smallest absolute Gasteiger partial charge is 0.307 e. The van der Waals surface area contributed by atoms with Crippen LogP contribution < -0.4 is 5.32 Å². The van der Waals surface area contributed by atoms with Crippen molar-refractivity contribution in [1.82, 2.24) is 24.9 Å². The summed E-state index contributed by atoms with van der Waals surface area (Å²) in [4.78, 5) is 0. The Kier molecular flexibility index (Phi) is 4.36. The first-order chi connectivity index (χ1) is 9.82. The molecule has 2 aromatic heterocycles. The third-order valence-electron chi connectivity index (χ3n) is 3.35. The van der Waals surface area contributed by atoms with Crippen molar-refractivity contribution in [2.24, 2.45) is 7.05 Å². The number of rotatable bonds is 5. The summed E-state index contributed by atoms with van der Waals surface area (Å²) in [6.45, 7) is 5.59. The zero-order valence-electron chi connectivity index (χ0n) is 12.2. The minimum absolute atomic E-state index is 0.278. The molecule has 0 unspecified atom stereocenters. The topological polar surface area (TPSA) is 47.7 Å². The molecule has 0 aliphatic heterocycles. The quantitative estimate of drug-likeness (QED) is 0.921. The summed E-state index contributed by atoms with van der Waals surface area (Å²) < 4.78 is 40.7. The highest BCUT2D eigenvalue weighted by molar-refractivity contribution is 5.17. The Bertz CT molecular complexity index is 612. The predicted molar refractivity (Wildman–Crippen MR) is 71.4 cm³/mol. The molecule has 21 heavy (non-hydrogen) atoms. The molecule has 0 atom stereocenters. The molecular formula is C13H18F3N5. The van der Waals surface area contributed by atoms with Crippen LogP contribution in [0.3, 0.4) is 0 Å². The molecule has 2 heterocycles. The van der Waals surface area contributed by atoms with E-state index < -0.39 is 11.9 Å². The van der Waals surface area contributed by atoms with Crippen molar-refractivity contribution in [3.05, 3.63) is 34.9 Å². The van der Waals surface area contributed by atoms with Gasteiger partial charge < -0.3 is 5.32 Å². The lowest BCUT2D eigenvalue weighted by Gasteiger charge is -2.04. The number of nitrogens with one attached hydrogen (secondary N) is 1. The molecule has 0 aliphatic rings. The molecule has 8 heteroatoms. The van der Waals surface area contributed by atoms with E-state index in [1.54, 1.807) is 6.20 Å². The van der Waals surface area contributed by atoms with Gasteiger partial charge in [0, 0.05) is 37.9 Å². The van der Waals surface area contributed by atoms with Crippen LogP contribution in [0.1, 0.15) is 29.6 Å². The number of aromatic nitrogens is 4. The molecule has 2 rings (SSSR count). The van der Waals surface area contributed by atoms with E-state index in [1.165, 1.54) is 7.05 Å². The molecule has 0 aromatic carbocycles. The monoisotopic (exact) mass is 301 g/mol. The van der Waals surface area contributed by atoms with Crippen molar-refractivity contribution in [3.63, 3.8) is 0 Å². The fraction of sp³-hybridized carbons (Fsp3) is 0.538. The van der Waals surface area contributed by atoms with E-state index in [9.17, 15) is 13.2 Å². The lowest BCUT2D eigenvalue weighted by Crippen LogP contribution is -2.14. The summed E-state index contributed by atoms with van der Waals surface area (Å²) in [6, 6.07) is 1.06. The molecule has 0 amide bonds. The zero-order chi connectivity index (χ0) is 15.6. The van der Waals surface area contributed by atoms with E-state index in [-0.39, 0.29) is 6.54 Å². The molecule has 116 valence electrons. The molecule has 0 saturated carbocycles. The summed E-state index contributed by atoms with van der Waals surface area (Å²) in [5, 5.41) is 11.2. The largest absolute Gasteiger partial charge is 0.433 e. The molecule has 0 bridgehead atoms. The highest BCUT2D eigenvalue weighted by Crippen LogP contribution is 2.29. The van der Waals surface area contributed by atoms with Crippen molar-refractivity contribution in [1.29, 1.82) is 0 Å². The van der Waals surface area contributed by atoms with Crippen LogP contribution in [0.4, 0.5) is 13.2 Å². The third kappa shape index (κ3) is 3.44. The first-order valence-electron chi connectivity index (χ1n) is 6.65. The van der Waals surface area contributed by atoms with E-state index in [0.29, 0.717) is 12.2 Å². The van der Waals surface area contributed by atoms with E-state index in [2.05, 4.69) is 15.5 Å². The van der Waals surface area contributed by atoms with E-state index >= 15 is 0 Å². The number of hydrogen-bond acceptors (Lipinski definition) is 3. The summed E-state index contributed by atoms with van der Waals surface area (Å²) in [6.07, 6.45) is -2.61. The average Bonchev–Trinajstić information content (AvgIpc) is 2.93. The normalized spacial score (nSPS) is 12.1. The van der Waals surface area contributed by atoms with Gasteiger partial charge in [-0.15, -0.1) is 0 Å². The summed E-state index contributed by atoms with van der Waals surface area (Å²) in [5.74, 6) is 0. The number of aryl methyl sites for hydroxylation is 2. The van der Waals surface area contributed by atoms with Gasteiger partial charge in [0.2, 0.25) is 0 Å². The van der Waals surface area contributed by atoms with Crippen LogP contribution in [0.2, 0.25) is 0 Å². The third-order valence-corrected chi connectivity index (χ3v) is 3.35. The second-order valence-electron chi connectivity index (χ2n) is 4.82. The minimum Gasteiger partial charge on any atom is -0.307 e. The molecule has 5 nitrogen and oxygen atoms in total. The maximum atomic E-state index is 12.7. The predicted octanol–water partition coefficient (Wildman–Crippen LogP) is 2.25. The maximum Gasteiger partial charge on any atom is 0.433 e. The fourth-order valence-corrected chi connectivity index (χ4v) is 2.18. The second-order valence-corrected chi connectivity index (χ2v) is 4.82. The summed E-state index contributed by atoms with van der Waals surface area (Å²) in [7, 11) is 1.29. The lowest BCUT2D eigenvalue weighted by molar-refractivity contribution is -0.143.